The van der Waals surface area contributed by atoms with Crippen LogP contribution in [0.2, 0.25) is 0 Å². The van der Waals surface area contributed by atoms with Crippen molar-refractivity contribution in [3.8, 4) is 11.5 Å². The molecule has 0 atom stereocenters. The van der Waals surface area contributed by atoms with E-state index in [0.717, 1.165) is 17.7 Å². The van der Waals surface area contributed by atoms with Crippen LogP contribution in [0.25, 0.3) is 0 Å². The zero-order chi connectivity index (χ0) is 17.4. The summed E-state index contributed by atoms with van der Waals surface area (Å²) in [5.74, 6) is 2.75. The van der Waals surface area contributed by atoms with Gasteiger partial charge in [-0.1, -0.05) is 11.2 Å². The van der Waals surface area contributed by atoms with Crippen LogP contribution in [0.1, 0.15) is 17.7 Å². The molecule has 2 rings (SSSR count). The number of hydrogen-bond donors (Lipinski definition) is 2. The lowest BCUT2D eigenvalue weighted by atomic mass is 10.1. The third-order valence-corrected chi connectivity index (χ3v) is 3.47. The Labute approximate surface area is 141 Å². The van der Waals surface area contributed by atoms with Crippen LogP contribution in [-0.2, 0) is 11.2 Å². The standard InChI is InChI=1S/C17H23N3O4/c1-12-10-16(20-24-12)18-9-7-17(21)19-8-6-13-4-5-14(22-2)15(11-13)23-3/h4-5,10-11H,6-9H2,1-3H3,(H,18,20)(H,19,21). The zero-order valence-electron chi connectivity index (χ0n) is 14.2. The molecule has 130 valence electrons. The largest absolute Gasteiger partial charge is 0.493 e. The van der Waals surface area contributed by atoms with Gasteiger partial charge in [0.05, 0.1) is 14.2 Å². The number of aryl methyl sites for hydroxylation is 1. The van der Waals surface area contributed by atoms with Gasteiger partial charge in [-0.2, -0.15) is 0 Å². The molecule has 7 nitrogen and oxygen atoms in total. The van der Waals surface area contributed by atoms with Crippen molar-refractivity contribution < 1.29 is 18.8 Å². The number of carbonyl (C=O) groups is 1. The van der Waals surface area contributed by atoms with Crippen molar-refractivity contribution in [3.05, 3.63) is 35.6 Å². The second-order valence-electron chi connectivity index (χ2n) is 5.29. The molecular formula is C17H23N3O4. The quantitative estimate of drug-likeness (QED) is 0.731. The monoisotopic (exact) mass is 333 g/mol. The van der Waals surface area contributed by atoms with Crippen molar-refractivity contribution in [2.24, 2.45) is 0 Å². The molecule has 0 unspecified atom stereocenters. The van der Waals surface area contributed by atoms with E-state index in [2.05, 4.69) is 15.8 Å². The minimum absolute atomic E-state index is 0.0109. The van der Waals surface area contributed by atoms with Gasteiger partial charge in [-0.05, 0) is 31.0 Å². The third-order valence-electron chi connectivity index (χ3n) is 3.47. The van der Waals surface area contributed by atoms with E-state index in [4.69, 9.17) is 14.0 Å². The number of ether oxygens (including phenoxy) is 2. The fourth-order valence-corrected chi connectivity index (χ4v) is 2.22. The van der Waals surface area contributed by atoms with Gasteiger partial charge in [0.25, 0.3) is 0 Å². The van der Waals surface area contributed by atoms with Crippen LogP contribution in [0.5, 0.6) is 11.5 Å². The maximum atomic E-state index is 11.8. The topological polar surface area (TPSA) is 85.6 Å². The van der Waals surface area contributed by atoms with Crippen LogP contribution in [-0.4, -0.2) is 38.4 Å². The molecular weight excluding hydrogens is 310 g/mol. The van der Waals surface area contributed by atoms with E-state index in [1.165, 1.54) is 0 Å². The Bertz CT molecular complexity index is 670. The van der Waals surface area contributed by atoms with E-state index in [9.17, 15) is 4.79 Å². The number of carbonyl (C=O) groups excluding carboxylic acids is 1. The van der Waals surface area contributed by atoms with E-state index in [0.29, 0.717) is 36.8 Å². The van der Waals surface area contributed by atoms with Gasteiger partial charge in [0, 0.05) is 25.6 Å². The fraction of sp³-hybridized carbons (Fsp3) is 0.412. The smallest absolute Gasteiger partial charge is 0.221 e. The van der Waals surface area contributed by atoms with Gasteiger partial charge >= 0.3 is 0 Å². The molecule has 24 heavy (non-hydrogen) atoms. The molecule has 0 aliphatic carbocycles. The Morgan fingerprint density at radius 1 is 1.17 bits per heavy atom. The maximum Gasteiger partial charge on any atom is 0.221 e. The van der Waals surface area contributed by atoms with Crippen LogP contribution in [0.4, 0.5) is 5.82 Å². The number of rotatable bonds is 9. The Morgan fingerprint density at radius 3 is 2.62 bits per heavy atom. The predicted octanol–water partition coefficient (Wildman–Crippen LogP) is 2.16. The summed E-state index contributed by atoms with van der Waals surface area (Å²) in [7, 11) is 3.21. The van der Waals surface area contributed by atoms with Gasteiger partial charge in [-0.25, -0.2) is 0 Å². The summed E-state index contributed by atoms with van der Waals surface area (Å²) in [6.07, 6.45) is 1.10. The molecule has 0 aliphatic heterocycles. The highest BCUT2D eigenvalue weighted by atomic mass is 16.5. The molecule has 0 bridgehead atoms. The molecule has 1 aromatic heterocycles. The predicted molar refractivity (Wildman–Crippen MR) is 90.6 cm³/mol. The van der Waals surface area contributed by atoms with Crippen molar-refractivity contribution in [2.75, 3.05) is 32.6 Å². The molecule has 0 radical (unpaired) electrons. The Kier molecular flexibility index (Phi) is 6.48. The number of hydrogen-bond acceptors (Lipinski definition) is 6. The highest BCUT2D eigenvalue weighted by Crippen LogP contribution is 2.27. The van der Waals surface area contributed by atoms with E-state index >= 15 is 0 Å². The van der Waals surface area contributed by atoms with Crippen molar-refractivity contribution in [2.45, 2.75) is 19.8 Å². The zero-order valence-corrected chi connectivity index (χ0v) is 14.2. The summed E-state index contributed by atoms with van der Waals surface area (Å²) in [6.45, 7) is 2.89. The highest BCUT2D eigenvalue weighted by Gasteiger charge is 2.06. The lowest BCUT2D eigenvalue weighted by Gasteiger charge is -2.10. The number of methoxy groups -OCH3 is 2. The normalized spacial score (nSPS) is 10.3. The summed E-state index contributed by atoms with van der Waals surface area (Å²) < 4.78 is 15.4. The van der Waals surface area contributed by atoms with Crippen molar-refractivity contribution >= 4 is 11.7 Å². The summed E-state index contributed by atoms with van der Waals surface area (Å²) in [6, 6.07) is 7.52. The minimum atomic E-state index is -0.0109. The SMILES string of the molecule is COc1ccc(CCNC(=O)CCNc2cc(C)on2)cc1OC. The Morgan fingerprint density at radius 2 is 1.96 bits per heavy atom. The van der Waals surface area contributed by atoms with Crippen molar-refractivity contribution in [1.29, 1.82) is 0 Å². The van der Waals surface area contributed by atoms with Crippen molar-refractivity contribution in [1.82, 2.24) is 10.5 Å². The lowest BCUT2D eigenvalue weighted by Crippen LogP contribution is -2.27. The van der Waals surface area contributed by atoms with Gasteiger partial charge in [-0.15, -0.1) is 0 Å². The average Bonchev–Trinajstić information content (AvgIpc) is 3.00. The first kappa shape index (κ1) is 17.7. The number of aromatic nitrogens is 1. The van der Waals surface area contributed by atoms with E-state index in [-0.39, 0.29) is 5.91 Å². The highest BCUT2D eigenvalue weighted by molar-refractivity contribution is 5.76. The van der Waals surface area contributed by atoms with E-state index < -0.39 is 0 Å². The second-order valence-corrected chi connectivity index (χ2v) is 5.29. The third kappa shape index (κ3) is 5.19. The molecule has 0 saturated carbocycles. The van der Waals surface area contributed by atoms with Gasteiger partial charge in [0.1, 0.15) is 5.76 Å². The number of nitrogens with one attached hydrogen (secondary N) is 2. The molecule has 0 aliphatic rings. The summed E-state index contributed by atoms with van der Waals surface area (Å²) >= 11 is 0. The number of nitrogens with zero attached hydrogens (tertiary/aromatic N) is 1. The van der Waals surface area contributed by atoms with Gasteiger partial charge in [-0.3, -0.25) is 4.79 Å². The average molecular weight is 333 g/mol. The van der Waals surface area contributed by atoms with E-state index in [1.807, 2.05) is 25.1 Å². The fourth-order valence-electron chi connectivity index (χ4n) is 2.22. The first-order valence-corrected chi connectivity index (χ1v) is 7.77. The molecule has 1 aromatic carbocycles. The van der Waals surface area contributed by atoms with Crippen LogP contribution >= 0.6 is 0 Å². The molecule has 1 heterocycles. The number of benzene rings is 1. The first-order chi connectivity index (χ1) is 11.6. The molecule has 0 saturated heterocycles. The molecule has 2 N–H and O–H groups in total. The molecule has 2 aromatic rings. The Balaban J connectivity index is 1.68. The minimum Gasteiger partial charge on any atom is -0.493 e. The number of amides is 1. The molecule has 7 heteroatoms. The van der Waals surface area contributed by atoms with Crippen LogP contribution in [0.15, 0.2) is 28.8 Å². The van der Waals surface area contributed by atoms with Crippen LogP contribution in [0, 0.1) is 6.92 Å². The van der Waals surface area contributed by atoms with E-state index in [1.54, 1.807) is 20.3 Å². The summed E-state index contributed by atoms with van der Waals surface area (Å²) in [5, 5.41) is 9.73. The van der Waals surface area contributed by atoms with Crippen molar-refractivity contribution in [3.63, 3.8) is 0 Å². The Hall–Kier alpha value is -2.70. The summed E-state index contributed by atoms with van der Waals surface area (Å²) in [4.78, 5) is 11.8. The van der Waals surface area contributed by atoms with Crippen LogP contribution < -0.4 is 20.1 Å². The molecule has 0 spiro atoms. The van der Waals surface area contributed by atoms with Gasteiger partial charge < -0.3 is 24.6 Å². The maximum absolute atomic E-state index is 11.8. The number of anilines is 1. The molecule has 0 fully saturated rings. The molecule has 1 amide bonds. The second kappa shape index (κ2) is 8.81. The summed E-state index contributed by atoms with van der Waals surface area (Å²) in [5.41, 5.74) is 1.07. The van der Waals surface area contributed by atoms with Crippen LogP contribution in [0.3, 0.4) is 0 Å². The van der Waals surface area contributed by atoms with Gasteiger partial charge in [0.15, 0.2) is 17.3 Å². The first-order valence-electron chi connectivity index (χ1n) is 7.77. The lowest BCUT2D eigenvalue weighted by molar-refractivity contribution is -0.120. The van der Waals surface area contributed by atoms with Gasteiger partial charge in [0.2, 0.25) is 5.91 Å².